The number of rotatable bonds is 2. The number of fused-ring (bicyclic) bond motifs is 3. The molecular formula is C21H32O2. The van der Waals surface area contributed by atoms with Gasteiger partial charge in [-0.3, -0.25) is 4.79 Å². The lowest BCUT2D eigenvalue weighted by molar-refractivity contribution is -0.168. The molecule has 2 heteroatoms. The second kappa shape index (κ2) is 5.50. The highest BCUT2D eigenvalue weighted by Crippen LogP contribution is 2.64. The first-order chi connectivity index (χ1) is 10.8. The molecule has 0 bridgehead atoms. The molecule has 2 nitrogen and oxygen atoms in total. The molecule has 3 rings (SSSR count). The van der Waals surface area contributed by atoms with Crippen molar-refractivity contribution in [2.45, 2.75) is 65.7 Å². The van der Waals surface area contributed by atoms with E-state index in [1.165, 1.54) is 19.3 Å². The first-order valence-electron chi connectivity index (χ1n) is 9.23. The summed E-state index contributed by atoms with van der Waals surface area (Å²) in [5.74, 6) is 1.09. The average molecular weight is 316 g/mol. The molecule has 2 fully saturated rings. The van der Waals surface area contributed by atoms with Crippen LogP contribution in [0.3, 0.4) is 0 Å². The van der Waals surface area contributed by atoms with Crippen LogP contribution in [-0.2, 0) is 9.53 Å². The third-order valence-corrected chi connectivity index (χ3v) is 7.55. The Balaban J connectivity index is 1.98. The second-order valence-electron chi connectivity index (χ2n) is 8.88. The molecule has 3 aliphatic carbocycles. The minimum atomic E-state index is -0.299. The maximum absolute atomic E-state index is 12.5. The molecular weight excluding hydrogens is 284 g/mol. The van der Waals surface area contributed by atoms with Crippen molar-refractivity contribution in [1.82, 2.24) is 0 Å². The van der Waals surface area contributed by atoms with Gasteiger partial charge in [-0.05, 0) is 62.7 Å². The summed E-state index contributed by atoms with van der Waals surface area (Å²) in [5, 5.41) is 0. The lowest BCUT2D eigenvalue weighted by atomic mass is 9.45. The minimum absolute atomic E-state index is 0.00703. The third kappa shape index (κ3) is 2.40. The summed E-state index contributed by atoms with van der Waals surface area (Å²) in [7, 11) is 1.55. The van der Waals surface area contributed by atoms with Crippen LogP contribution in [0, 0.1) is 28.1 Å². The van der Waals surface area contributed by atoms with Crippen LogP contribution in [0.25, 0.3) is 0 Å². The van der Waals surface area contributed by atoms with Gasteiger partial charge >= 0.3 is 5.97 Å². The topological polar surface area (TPSA) is 26.3 Å². The predicted molar refractivity (Wildman–Crippen MR) is 93.9 cm³/mol. The zero-order valence-corrected chi connectivity index (χ0v) is 15.3. The molecule has 0 saturated heterocycles. The van der Waals surface area contributed by atoms with E-state index in [-0.39, 0.29) is 22.2 Å². The predicted octanol–water partition coefficient (Wildman–Crippen LogP) is 5.29. The summed E-state index contributed by atoms with van der Waals surface area (Å²) >= 11 is 0. The van der Waals surface area contributed by atoms with Gasteiger partial charge in [-0.1, -0.05) is 38.0 Å². The average Bonchev–Trinajstić information content (AvgIpc) is 2.53. The van der Waals surface area contributed by atoms with Gasteiger partial charge in [0.15, 0.2) is 0 Å². The van der Waals surface area contributed by atoms with E-state index in [0.29, 0.717) is 11.8 Å². The van der Waals surface area contributed by atoms with Crippen LogP contribution < -0.4 is 0 Å². The first kappa shape index (κ1) is 16.8. The molecule has 0 radical (unpaired) electrons. The molecule has 0 spiro atoms. The third-order valence-electron chi connectivity index (χ3n) is 7.55. The van der Waals surface area contributed by atoms with Crippen LogP contribution in [0.4, 0.5) is 0 Å². The van der Waals surface area contributed by atoms with Crippen molar-refractivity contribution >= 4 is 5.97 Å². The number of carbonyl (C=O) groups is 1. The van der Waals surface area contributed by atoms with Gasteiger partial charge in [0.2, 0.25) is 0 Å². The summed E-state index contributed by atoms with van der Waals surface area (Å²) in [6.07, 6.45) is 12.7. The largest absolute Gasteiger partial charge is 0.469 e. The summed E-state index contributed by atoms with van der Waals surface area (Å²) in [4.78, 5) is 12.5. The van der Waals surface area contributed by atoms with E-state index in [0.717, 1.165) is 25.7 Å². The van der Waals surface area contributed by atoms with Crippen molar-refractivity contribution in [1.29, 1.82) is 0 Å². The van der Waals surface area contributed by atoms with E-state index < -0.39 is 0 Å². The fraction of sp³-hybridized carbons (Fsp3) is 0.762. The second-order valence-corrected chi connectivity index (χ2v) is 8.88. The minimum Gasteiger partial charge on any atom is -0.469 e. The van der Waals surface area contributed by atoms with Crippen molar-refractivity contribution in [2.24, 2.45) is 28.1 Å². The maximum Gasteiger partial charge on any atom is 0.311 e. The molecule has 0 aliphatic heterocycles. The summed E-state index contributed by atoms with van der Waals surface area (Å²) in [6, 6.07) is 0. The smallest absolute Gasteiger partial charge is 0.311 e. The highest BCUT2D eigenvalue weighted by atomic mass is 16.5. The molecule has 0 amide bonds. The maximum atomic E-state index is 12.5. The molecule has 3 aliphatic rings. The Hall–Kier alpha value is -1.05. The molecule has 0 aromatic heterocycles. The zero-order chi connectivity index (χ0) is 16.9. The fourth-order valence-corrected chi connectivity index (χ4v) is 6.16. The van der Waals surface area contributed by atoms with Crippen LogP contribution in [0.5, 0.6) is 0 Å². The molecule has 5 atom stereocenters. The van der Waals surface area contributed by atoms with Crippen LogP contribution >= 0.6 is 0 Å². The zero-order valence-electron chi connectivity index (χ0n) is 15.3. The van der Waals surface area contributed by atoms with E-state index in [4.69, 9.17) is 4.74 Å². The van der Waals surface area contributed by atoms with Crippen molar-refractivity contribution in [3.63, 3.8) is 0 Å². The lowest BCUT2D eigenvalue weighted by Gasteiger charge is -2.59. The highest BCUT2D eigenvalue weighted by molar-refractivity contribution is 5.77. The van der Waals surface area contributed by atoms with Crippen molar-refractivity contribution in [3.05, 3.63) is 24.3 Å². The van der Waals surface area contributed by atoms with Crippen molar-refractivity contribution < 1.29 is 9.53 Å². The number of carbonyl (C=O) groups excluding carboxylic acids is 1. The lowest BCUT2D eigenvalue weighted by Crippen LogP contribution is -2.54. The van der Waals surface area contributed by atoms with Crippen LogP contribution in [0.2, 0.25) is 0 Å². The van der Waals surface area contributed by atoms with Gasteiger partial charge in [-0.15, -0.1) is 6.58 Å². The first-order valence-corrected chi connectivity index (χ1v) is 9.23. The van der Waals surface area contributed by atoms with Gasteiger partial charge in [-0.2, -0.15) is 0 Å². The fourth-order valence-electron chi connectivity index (χ4n) is 6.16. The van der Waals surface area contributed by atoms with Crippen LogP contribution in [0.1, 0.15) is 65.7 Å². The van der Waals surface area contributed by atoms with Gasteiger partial charge in [0.05, 0.1) is 12.5 Å². The quantitative estimate of drug-likeness (QED) is 0.511. The van der Waals surface area contributed by atoms with Gasteiger partial charge in [0, 0.05) is 5.41 Å². The summed E-state index contributed by atoms with van der Waals surface area (Å²) < 4.78 is 5.21. The van der Waals surface area contributed by atoms with Gasteiger partial charge < -0.3 is 4.74 Å². The van der Waals surface area contributed by atoms with E-state index in [1.807, 2.05) is 0 Å². The SMILES string of the molecule is C=CC1(C)C=C2CCC3C(C)(CCC[C@@]3(C)C(=O)OC)C2CC1. The molecule has 0 heterocycles. The molecule has 128 valence electrons. The number of esters is 1. The number of methoxy groups -OCH3 is 1. The summed E-state index contributed by atoms with van der Waals surface area (Å²) in [5.41, 5.74) is 1.74. The molecule has 0 aromatic carbocycles. The normalized spacial score (nSPS) is 46.2. The standard InChI is InChI=1S/C21H32O2/c1-6-19(2)13-10-16-15(14-19)8-9-17-20(16,3)11-7-12-21(17,4)18(22)23-5/h6,14,16-17H,1,7-13H2,2-5H3/t16?,17?,19?,20?,21-/m1/s1. The highest BCUT2D eigenvalue weighted by Gasteiger charge is 2.58. The number of ether oxygens (including phenoxy) is 1. The van der Waals surface area contributed by atoms with E-state index in [9.17, 15) is 4.79 Å². The van der Waals surface area contributed by atoms with Crippen LogP contribution in [0.15, 0.2) is 24.3 Å². The van der Waals surface area contributed by atoms with Gasteiger partial charge in [0.1, 0.15) is 0 Å². The molecule has 0 N–H and O–H groups in total. The Morgan fingerprint density at radius 2 is 2.00 bits per heavy atom. The number of hydrogen-bond acceptors (Lipinski definition) is 2. The van der Waals surface area contributed by atoms with Crippen LogP contribution in [-0.4, -0.2) is 13.1 Å². The Kier molecular flexibility index (Phi) is 4.01. The van der Waals surface area contributed by atoms with Gasteiger partial charge in [0.25, 0.3) is 0 Å². The molecule has 0 aromatic rings. The van der Waals surface area contributed by atoms with Gasteiger partial charge in [-0.25, -0.2) is 0 Å². The number of allylic oxidation sites excluding steroid dienone is 3. The Morgan fingerprint density at radius 1 is 1.26 bits per heavy atom. The monoisotopic (exact) mass is 316 g/mol. The molecule has 2 saturated carbocycles. The molecule has 4 unspecified atom stereocenters. The van der Waals surface area contributed by atoms with Crippen molar-refractivity contribution in [2.75, 3.05) is 7.11 Å². The Morgan fingerprint density at radius 3 is 2.65 bits per heavy atom. The Bertz CT molecular complexity index is 548. The summed E-state index contributed by atoms with van der Waals surface area (Å²) in [6.45, 7) is 11.0. The van der Waals surface area contributed by atoms with E-state index >= 15 is 0 Å². The van der Waals surface area contributed by atoms with E-state index in [1.54, 1.807) is 12.7 Å². The number of hydrogen-bond donors (Lipinski definition) is 0. The molecule has 23 heavy (non-hydrogen) atoms. The Labute approximate surface area is 141 Å². The van der Waals surface area contributed by atoms with Crippen molar-refractivity contribution in [3.8, 4) is 0 Å². The van der Waals surface area contributed by atoms with E-state index in [2.05, 4.69) is 39.5 Å².